The first-order chi connectivity index (χ1) is 9.32. The third kappa shape index (κ3) is 2.18. The largest absolute Gasteiger partial charge is 0.508 e. The maximum absolute atomic E-state index is 13.1. The lowest BCUT2D eigenvalue weighted by atomic mass is 9.94. The Balaban J connectivity index is 2.61. The summed E-state index contributed by atoms with van der Waals surface area (Å²) in [5.74, 6) is -4.69. The Kier molecular flexibility index (Phi) is 3.35. The Hall–Kier alpha value is -2.57. The van der Waals surface area contributed by atoms with E-state index < -0.39 is 34.7 Å². The minimum Gasteiger partial charge on any atom is -0.508 e. The SMILES string of the molecule is CC1=C(C2=C(O)C(O)=C(O)C(O)=C(O)C2)CNC(F)=C1. The van der Waals surface area contributed by atoms with Crippen LogP contribution in [0.25, 0.3) is 0 Å². The fourth-order valence-corrected chi connectivity index (χ4v) is 2.07. The summed E-state index contributed by atoms with van der Waals surface area (Å²) in [6.45, 7) is 1.64. The molecule has 0 bridgehead atoms. The molecule has 7 heteroatoms. The van der Waals surface area contributed by atoms with Crippen LogP contribution in [0, 0.1) is 0 Å². The Bertz CT molecular complexity index is 625. The normalized spacial score (nSPS) is 21.0. The van der Waals surface area contributed by atoms with E-state index in [-0.39, 0.29) is 18.5 Å². The number of dihydropyridines is 1. The van der Waals surface area contributed by atoms with Crippen molar-refractivity contribution in [3.05, 3.63) is 57.5 Å². The fourth-order valence-electron chi connectivity index (χ4n) is 2.07. The van der Waals surface area contributed by atoms with Crippen molar-refractivity contribution in [3.8, 4) is 0 Å². The summed E-state index contributed by atoms with van der Waals surface area (Å²) in [4.78, 5) is 0. The van der Waals surface area contributed by atoms with Gasteiger partial charge in [0.05, 0.1) is 0 Å². The van der Waals surface area contributed by atoms with Gasteiger partial charge in [0.15, 0.2) is 17.5 Å². The molecular formula is C13H14FNO5. The summed E-state index contributed by atoms with van der Waals surface area (Å²) in [5, 5.41) is 50.6. The molecule has 6 nitrogen and oxygen atoms in total. The van der Waals surface area contributed by atoms with Gasteiger partial charge in [0.2, 0.25) is 11.5 Å². The third-order valence-corrected chi connectivity index (χ3v) is 3.19. The Morgan fingerprint density at radius 3 is 2.15 bits per heavy atom. The van der Waals surface area contributed by atoms with E-state index in [4.69, 9.17) is 0 Å². The predicted octanol–water partition coefficient (Wildman–Crippen LogP) is 2.59. The molecule has 0 saturated heterocycles. The first-order valence-corrected chi connectivity index (χ1v) is 5.80. The Morgan fingerprint density at radius 2 is 1.55 bits per heavy atom. The summed E-state index contributed by atoms with van der Waals surface area (Å²) in [5.41, 5.74) is 1.03. The van der Waals surface area contributed by atoms with E-state index in [1.807, 2.05) is 0 Å². The number of aliphatic hydroxyl groups excluding tert-OH is 5. The topological polar surface area (TPSA) is 113 Å². The van der Waals surface area contributed by atoms with Gasteiger partial charge < -0.3 is 30.8 Å². The molecule has 1 aliphatic carbocycles. The molecule has 0 spiro atoms. The molecule has 2 aliphatic rings. The monoisotopic (exact) mass is 283 g/mol. The van der Waals surface area contributed by atoms with Gasteiger partial charge in [-0.25, -0.2) is 0 Å². The van der Waals surface area contributed by atoms with Crippen LogP contribution in [-0.2, 0) is 0 Å². The lowest BCUT2D eigenvalue weighted by Crippen LogP contribution is -2.21. The maximum Gasteiger partial charge on any atom is 0.207 e. The van der Waals surface area contributed by atoms with E-state index >= 15 is 0 Å². The summed E-state index contributed by atoms with van der Waals surface area (Å²) >= 11 is 0. The van der Waals surface area contributed by atoms with Gasteiger partial charge in [-0.15, -0.1) is 0 Å². The highest BCUT2D eigenvalue weighted by Crippen LogP contribution is 2.33. The second kappa shape index (κ2) is 4.84. The Labute approximate surface area is 113 Å². The van der Waals surface area contributed by atoms with Gasteiger partial charge in [-0.05, 0) is 24.1 Å². The lowest BCUT2D eigenvalue weighted by molar-refractivity contribution is 0.249. The number of aliphatic hydroxyl groups is 5. The van der Waals surface area contributed by atoms with Crippen LogP contribution in [0.15, 0.2) is 57.5 Å². The Morgan fingerprint density at radius 1 is 0.950 bits per heavy atom. The predicted molar refractivity (Wildman–Crippen MR) is 68.7 cm³/mol. The standard InChI is InChI=1S/C13H14FNO5/c1-5-2-9(14)15-4-7(5)6-3-8(16)11(18)13(20)12(19)10(6)17/h2,15-20H,3-4H2,1H3. The van der Waals surface area contributed by atoms with Crippen LogP contribution in [0.2, 0.25) is 0 Å². The van der Waals surface area contributed by atoms with Gasteiger partial charge in [-0.1, -0.05) is 0 Å². The van der Waals surface area contributed by atoms with Crippen LogP contribution in [0.5, 0.6) is 0 Å². The molecule has 1 heterocycles. The van der Waals surface area contributed by atoms with Gasteiger partial charge in [0.1, 0.15) is 5.76 Å². The highest BCUT2D eigenvalue weighted by molar-refractivity contribution is 5.51. The molecule has 0 unspecified atom stereocenters. The summed E-state index contributed by atoms with van der Waals surface area (Å²) in [6.07, 6.45) is 0.890. The number of hydrogen-bond donors (Lipinski definition) is 6. The van der Waals surface area contributed by atoms with Crippen LogP contribution in [0.4, 0.5) is 4.39 Å². The van der Waals surface area contributed by atoms with Crippen LogP contribution >= 0.6 is 0 Å². The molecule has 108 valence electrons. The van der Waals surface area contributed by atoms with Gasteiger partial charge in [0, 0.05) is 18.5 Å². The molecule has 6 N–H and O–H groups in total. The molecule has 0 aromatic heterocycles. The van der Waals surface area contributed by atoms with E-state index in [9.17, 15) is 29.9 Å². The molecule has 0 radical (unpaired) electrons. The molecule has 0 aromatic carbocycles. The molecular weight excluding hydrogens is 269 g/mol. The summed E-state index contributed by atoms with van der Waals surface area (Å²) < 4.78 is 13.1. The minimum atomic E-state index is -1.02. The van der Waals surface area contributed by atoms with Crippen molar-refractivity contribution < 1.29 is 29.9 Å². The highest BCUT2D eigenvalue weighted by Gasteiger charge is 2.28. The van der Waals surface area contributed by atoms with Crippen molar-refractivity contribution >= 4 is 0 Å². The molecule has 0 saturated carbocycles. The van der Waals surface area contributed by atoms with E-state index in [1.54, 1.807) is 6.92 Å². The van der Waals surface area contributed by atoms with Gasteiger partial charge in [-0.2, -0.15) is 4.39 Å². The van der Waals surface area contributed by atoms with Crippen LogP contribution in [-0.4, -0.2) is 32.1 Å². The zero-order chi connectivity index (χ0) is 15.0. The average molecular weight is 283 g/mol. The van der Waals surface area contributed by atoms with E-state index in [0.717, 1.165) is 0 Å². The molecule has 20 heavy (non-hydrogen) atoms. The van der Waals surface area contributed by atoms with E-state index in [0.29, 0.717) is 11.1 Å². The maximum atomic E-state index is 13.1. The first kappa shape index (κ1) is 13.9. The molecule has 0 fully saturated rings. The minimum absolute atomic E-state index is 0.0373. The second-order valence-corrected chi connectivity index (χ2v) is 4.50. The molecule has 0 amide bonds. The summed E-state index contributed by atoms with van der Waals surface area (Å²) in [7, 11) is 0. The van der Waals surface area contributed by atoms with E-state index in [1.165, 1.54) is 6.08 Å². The summed E-state index contributed by atoms with van der Waals surface area (Å²) in [6, 6.07) is 0. The van der Waals surface area contributed by atoms with E-state index in [2.05, 4.69) is 5.32 Å². The zero-order valence-electron chi connectivity index (χ0n) is 10.6. The van der Waals surface area contributed by atoms with Crippen molar-refractivity contribution in [2.75, 3.05) is 6.54 Å². The number of allylic oxidation sites excluding steroid dienone is 3. The van der Waals surface area contributed by atoms with Crippen LogP contribution < -0.4 is 5.32 Å². The van der Waals surface area contributed by atoms with Gasteiger partial charge >= 0.3 is 0 Å². The van der Waals surface area contributed by atoms with Gasteiger partial charge in [-0.3, -0.25) is 0 Å². The molecule has 1 aliphatic heterocycles. The number of halogens is 1. The van der Waals surface area contributed by atoms with Crippen molar-refractivity contribution in [2.24, 2.45) is 0 Å². The lowest BCUT2D eigenvalue weighted by Gasteiger charge is -2.19. The smallest absolute Gasteiger partial charge is 0.207 e. The number of hydrogen-bond acceptors (Lipinski definition) is 6. The zero-order valence-corrected chi connectivity index (χ0v) is 10.6. The second-order valence-electron chi connectivity index (χ2n) is 4.50. The first-order valence-electron chi connectivity index (χ1n) is 5.80. The highest BCUT2D eigenvalue weighted by atomic mass is 19.1. The van der Waals surface area contributed by atoms with Crippen molar-refractivity contribution in [2.45, 2.75) is 13.3 Å². The van der Waals surface area contributed by atoms with Crippen molar-refractivity contribution in [1.29, 1.82) is 0 Å². The van der Waals surface area contributed by atoms with Crippen molar-refractivity contribution in [3.63, 3.8) is 0 Å². The quantitative estimate of drug-likeness (QED) is 0.412. The molecule has 2 rings (SSSR count). The number of nitrogens with one attached hydrogen (secondary N) is 1. The third-order valence-electron chi connectivity index (χ3n) is 3.19. The average Bonchev–Trinajstić information content (AvgIpc) is 2.47. The molecule has 0 atom stereocenters. The molecule has 0 aromatic rings. The number of rotatable bonds is 1. The van der Waals surface area contributed by atoms with Gasteiger partial charge in [0.25, 0.3) is 0 Å². The van der Waals surface area contributed by atoms with Crippen LogP contribution in [0.1, 0.15) is 13.3 Å². The van der Waals surface area contributed by atoms with Crippen LogP contribution in [0.3, 0.4) is 0 Å². The van der Waals surface area contributed by atoms with Crippen molar-refractivity contribution in [1.82, 2.24) is 5.32 Å². The fraction of sp³-hybridized carbons (Fsp3) is 0.231.